The van der Waals surface area contributed by atoms with Crippen molar-refractivity contribution in [3.63, 3.8) is 0 Å². The largest absolute Gasteiger partial charge is 0.430 e. The van der Waals surface area contributed by atoms with E-state index in [2.05, 4.69) is 5.32 Å². The predicted octanol–water partition coefficient (Wildman–Crippen LogP) is 2.07. The monoisotopic (exact) mass is 261 g/mol. The molecule has 1 aromatic carbocycles. The summed E-state index contributed by atoms with van der Waals surface area (Å²) in [5.74, 6) is -1.74. The molecular weight excluding hydrogens is 250 g/mol. The van der Waals surface area contributed by atoms with Gasteiger partial charge in [-0.1, -0.05) is 30.4 Å². The number of hydrogen-bond acceptors (Lipinski definition) is 4. The SMILES string of the molecule is CC1=CC(=O)C(C(=S)Nc2ccccc2)C(=O)O1. The van der Waals surface area contributed by atoms with E-state index in [4.69, 9.17) is 17.0 Å². The van der Waals surface area contributed by atoms with Crippen molar-refractivity contribution >= 4 is 34.6 Å². The fourth-order valence-electron chi connectivity index (χ4n) is 1.62. The first kappa shape index (κ1) is 12.4. The number of carbonyl (C=O) groups is 2. The van der Waals surface area contributed by atoms with E-state index in [1.54, 1.807) is 19.1 Å². The van der Waals surface area contributed by atoms with Crippen molar-refractivity contribution in [2.75, 3.05) is 5.32 Å². The summed E-state index contributed by atoms with van der Waals surface area (Å²) in [5.41, 5.74) is 0.731. The van der Waals surface area contributed by atoms with Gasteiger partial charge in [0.1, 0.15) is 10.7 Å². The van der Waals surface area contributed by atoms with Gasteiger partial charge in [-0.05, 0) is 19.1 Å². The van der Waals surface area contributed by atoms with Crippen LogP contribution in [0.2, 0.25) is 0 Å². The van der Waals surface area contributed by atoms with Crippen molar-refractivity contribution in [1.82, 2.24) is 0 Å². The van der Waals surface area contributed by atoms with Crippen LogP contribution in [0.25, 0.3) is 0 Å². The number of anilines is 1. The molecule has 0 aromatic heterocycles. The molecule has 1 heterocycles. The van der Waals surface area contributed by atoms with Crippen molar-refractivity contribution in [2.45, 2.75) is 6.92 Å². The van der Waals surface area contributed by atoms with Gasteiger partial charge >= 0.3 is 5.97 Å². The number of ketones is 1. The molecule has 4 nitrogen and oxygen atoms in total. The van der Waals surface area contributed by atoms with Gasteiger partial charge in [-0.25, -0.2) is 0 Å². The normalized spacial score (nSPS) is 18.9. The third-order valence-electron chi connectivity index (χ3n) is 2.43. The second-order valence-electron chi connectivity index (χ2n) is 3.87. The standard InChI is InChI=1S/C13H11NO3S/c1-8-7-10(15)11(13(16)17-8)12(18)14-9-5-3-2-4-6-9/h2-7,11H,1H3,(H,14,18). The molecule has 0 amide bonds. The van der Waals surface area contributed by atoms with Gasteiger partial charge in [0.05, 0.1) is 0 Å². The number of benzene rings is 1. The molecule has 1 N–H and O–H groups in total. The first-order valence-corrected chi connectivity index (χ1v) is 5.78. The molecule has 1 unspecified atom stereocenters. The summed E-state index contributed by atoms with van der Waals surface area (Å²) in [4.78, 5) is 23.5. The Morgan fingerprint density at radius 1 is 1.28 bits per heavy atom. The number of rotatable bonds is 2. The number of cyclic esters (lactones) is 1. The molecular formula is C13H11NO3S. The number of esters is 1. The van der Waals surface area contributed by atoms with Crippen LogP contribution in [0.5, 0.6) is 0 Å². The molecule has 1 aromatic rings. The number of carbonyl (C=O) groups excluding carboxylic acids is 2. The topological polar surface area (TPSA) is 55.4 Å². The first-order chi connectivity index (χ1) is 8.58. The Balaban J connectivity index is 2.15. The lowest BCUT2D eigenvalue weighted by Gasteiger charge is -2.19. The maximum absolute atomic E-state index is 11.7. The highest BCUT2D eigenvalue weighted by atomic mass is 32.1. The molecule has 0 saturated heterocycles. The van der Waals surface area contributed by atoms with Crippen molar-refractivity contribution in [2.24, 2.45) is 5.92 Å². The van der Waals surface area contributed by atoms with E-state index in [9.17, 15) is 9.59 Å². The lowest BCUT2D eigenvalue weighted by Crippen LogP contribution is -2.37. The van der Waals surface area contributed by atoms with Crippen LogP contribution in [0.4, 0.5) is 5.69 Å². The van der Waals surface area contributed by atoms with Gasteiger partial charge in [0.2, 0.25) is 0 Å². The smallest absolute Gasteiger partial charge is 0.328 e. The summed E-state index contributed by atoms with van der Waals surface area (Å²) < 4.78 is 4.90. The molecule has 1 aliphatic heterocycles. The molecule has 0 bridgehead atoms. The fourth-order valence-corrected chi connectivity index (χ4v) is 1.95. The van der Waals surface area contributed by atoms with E-state index in [0.717, 1.165) is 5.69 Å². The molecule has 92 valence electrons. The van der Waals surface area contributed by atoms with Crippen LogP contribution in [0.3, 0.4) is 0 Å². The summed E-state index contributed by atoms with van der Waals surface area (Å²) >= 11 is 5.09. The third kappa shape index (κ3) is 2.62. The maximum Gasteiger partial charge on any atom is 0.328 e. The molecule has 0 fully saturated rings. The summed E-state index contributed by atoms with van der Waals surface area (Å²) in [6, 6.07) is 9.12. The second-order valence-corrected chi connectivity index (χ2v) is 4.31. The van der Waals surface area contributed by atoms with Gasteiger partial charge in [0, 0.05) is 11.8 Å². The average molecular weight is 261 g/mol. The molecule has 0 aliphatic carbocycles. The van der Waals surface area contributed by atoms with E-state index in [-0.39, 0.29) is 10.8 Å². The van der Waals surface area contributed by atoms with Crippen LogP contribution in [0.1, 0.15) is 6.92 Å². The number of hydrogen-bond donors (Lipinski definition) is 1. The second kappa shape index (κ2) is 5.10. The van der Waals surface area contributed by atoms with Crippen LogP contribution in [0.15, 0.2) is 42.2 Å². The summed E-state index contributed by atoms with van der Waals surface area (Å²) in [6.07, 6.45) is 1.28. The molecule has 0 saturated carbocycles. The van der Waals surface area contributed by atoms with E-state index in [1.807, 2.05) is 18.2 Å². The average Bonchev–Trinajstić information content (AvgIpc) is 2.28. The summed E-state index contributed by atoms with van der Waals surface area (Å²) in [6.45, 7) is 1.56. The molecule has 0 radical (unpaired) electrons. The Labute approximate surface area is 110 Å². The summed E-state index contributed by atoms with van der Waals surface area (Å²) in [7, 11) is 0. The number of nitrogens with one attached hydrogen (secondary N) is 1. The van der Waals surface area contributed by atoms with Gasteiger partial charge < -0.3 is 10.1 Å². The van der Waals surface area contributed by atoms with E-state index < -0.39 is 11.9 Å². The Kier molecular flexibility index (Phi) is 3.53. The zero-order valence-corrected chi connectivity index (χ0v) is 10.5. The van der Waals surface area contributed by atoms with Crippen LogP contribution in [0, 0.1) is 5.92 Å². The zero-order chi connectivity index (χ0) is 13.1. The zero-order valence-electron chi connectivity index (χ0n) is 9.67. The lowest BCUT2D eigenvalue weighted by molar-refractivity contribution is -0.146. The number of para-hydroxylation sites is 1. The fraction of sp³-hybridized carbons (Fsp3) is 0.154. The highest BCUT2D eigenvalue weighted by molar-refractivity contribution is 7.80. The van der Waals surface area contributed by atoms with E-state index in [0.29, 0.717) is 5.76 Å². The highest BCUT2D eigenvalue weighted by Gasteiger charge is 2.35. The minimum Gasteiger partial charge on any atom is -0.430 e. The maximum atomic E-state index is 11.7. The number of thiocarbonyl (C=S) groups is 1. The molecule has 1 atom stereocenters. The Morgan fingerprint density at radius 3 is 2.56 bits per heavy atom. The molecule has 5 heteroatoms. The van der Waals surface area contributed by atoms with E-state index >= 15 is 0 Å². The van der Waals surface area contributed by atoms with Crippen LogP contribution in [-0.2, 0) is 14.3 Å². The van der Waals surface area contributed by atoms with Crippen molar-refractivity contribution in [3.8, 4) is 0 Å². The van der Waals surface area contributed by atoms with Crippen molar-refractivity contribution < 1.29 is 14.3 Å². The van der Waals surface area contributed by atoms with Gasteiger partial charge in [0.25, 0.3) is 0 Å². The molecule has 1 aliphatic rings. The number of ether oxygens (including phenoxy) is 1. The van der Waals surface area contributed by atoms with Crippen LogP contribution < -0.4 is 5.32 Å². The Morgan fingerprint density at radius 2 is 1.94 bits per heavy atom. The minimum atomic E-state index is -1.05. The minimum absolute atomic E-state index is 0.153. The van der Waals surface area contributed by atoms with Gasteiger partial charge in [-0.3, -0.25) is 9.59 Å². The number of allylic oxidation sites excluding steroid dienone is 2. The Hall–Kier alpha value is -2.01. The quantitative estimate of drug-likeness (QED) is 0.502. The van der Waals surface area contributed by atoms with Crippen molar-refractivity contribution in [1.29, 1.82) is 0 Å². The predicted molar refractivity (Wildman–Crippen MR) is 71.0 cm³/mol. The Bertz CT molecular complexity index is 536. The van der Waals surface area contributed by atoms with Crippen LogP contribution >= 0.6 is 12.2 Å². The lowest BCUT2D eigenvalue weighted by atomic mass is 10.0. The molecule has 0 spiro atoms. The van der Waals surface area contributed by atoms with Crippen molar-refractivity contribution in [3.05, 3.63) is 42.2 Å². The first-order valence-electron chi connectivity index (χ1n) is 5.37. The summed E-state index contributed by atoms with van der Waals surface area (Å²) in [5, 5.41) is 2.87. The van der Waals surface area contributed by atoms with E-state index in [1.165, 1.54) is 6.08 Å². The highest BCUT2D eigenvalue weighted by Crippen LogP contribution is 2.18. The molecule has 2 rings (SSSR count). The van der Waals surface area contributed by atoms with Crippen LogP contribution in [-0.4, -0.2) is 16.7 Å². The van der Waals surface area contributed by atoms with Gasteiger partial charge in [-0.15, -0.1) is 0 Å². The molecule has 18 heavy (non-hydrogen) atoms. The van der Waals surface area contributed by atoms with Gasteiger partial charge in [-0.2, -0.15) is 0 Å². The van der Waals surface area contributed by atoms with Gasteiger partial charge in [0.15, 0.2) is 11.7 Å². The third-order valence-corrected chi connectivity index (χ3v) is 2.77.